The van der Waals surface area contributed by atoms with Crippen molar-refractivity contribution in [3.63, 3.8) is 0 Å². The van der Waals surface area contributed by atoms with E-state index in [1.54, 1.807) is 7.11 Å². The highest BCUT2D eigenvalue weighted by atomic mass is 31.1. The third-order valence-electron chi connectivity index (χ3n) is 5.61. The molecule has 0 aliphatic heterocycles. The van der Waals surface area contributed by atoms with Crippen molar-refractivity contribution in [3.8, 4) is 0 Å². The number of hydrogen-bond donors (Lipinski definition) is 0. The quantitative estimate of drug-likeness (QED) is 0.705. The maximum atomic E-state index is 5.88. The molecular formula is C13H23O2P. The molecule has 0 amide bonds. The van der Waals surface area contributed by atoms with E-state index < -0.39 is 0 Å². The minimum absolute atomic E-state index is 0.248. The van der Waals surface area contributed by atoms with Crippen molar-refractivity contribution in [2.45, 2.75) is 39.2 Å². The van der Waals surface area contributed by atoms with Gasteiger partial charge in [0.15, 0.2) is 9.03 Å². The second-order valence-electron chi connectivity index (χ2n) is 6.15. The Kier molecular flexibility index (Phi) is 3.02. The van der Waals surface area contributed by atoms with E-state index in [-0.39, 0.29) is 9.03 Å². The lowest BCUT2D eigenvalue weighted by atomic mass is 9.77. The van der Waals surface area contributed by atoms with Gasteiger partial charge in [0.05, 0.1) is 6.10 Å². The molecular weight excluding hydrogens is 219 g/mol. The van der Waals surface area contributed by atoms with Crippen molar-refractivity contribution in [2.24, 2.45) is 35.5 Å². The molecule has 3 aliphatic rings. The first-order valence-electron chi connectivity index (χ1n) is 6.66. The van der Waals surface area contributed by atoms with Gasteiger partial charge in [-0.25, -0.2) is 0 Å². The summed E-state index contributed by atoms with van der Waals surface area (Å²) < 4.78 is 11.0. The average Bonchev–Trinajstić information content (AvgIpc) is 2.89. The molecule has 0 aromatic carbocycles. The molecule has 0 heterocycles. The van der Waals surface area contributed by atoms with Crippen LogP contribution >= 0.6 is 9.03 Å². The normalized spacial score (nSPS) is 55.3. The molecule has 0 aromatic heterocycles. The number of hydrogen-bond acceptors (Lipinski definition) is 2. The monoisotopic (exact) mass is 242 g/mol. The van der Waals surface area contributed by atoms with Crippen LogP contribution in [0.25, 0.3) is 0 Å². The van der Waals surface area contributed by atoms with E-state index in [1.165, 1.54) is 19.3 Å². The van der Waals surface area contributed by atoms with E-state index in [0.717, 1.165) is 35.5 Å². The summed E-state index contributed by atoms with van der Waals surface area (Å²) in [6.07, 6.45) is 4.73. The van der Waals surface area contributed by atoms with E-state index in [1.807, 2.05) is 0 Å². The summed E-state index contributed by atoms with van der Waals surface area (Å²) in [5.41, 5.74) is 0. The Morgan fingerprint density at radius 1 is 1.06 bits per heavy atom. The molecule has 2 nitrogen and oxygen atoms in total. The largest absolute Gasteiger partial charge is 0.340 e. The van der Waals surface area contributed by atoms with Gasteiger partial charge in [-0.1, -0.05) is 13.8 Å². The Morgan fingerprint density at radius 2 is 1.88 bits per heavy atom. The van der Waals surface area contributed by atoms with Gasteiger partial charge in [0.25, 0.3) is 0 Å². The molecule has 8 unspecified atom stereocenters. The minimum Gasteiger partial charge on any atom is -0.340 e. The summed E-state index contributed by atoms with van der Waals surface area (Å²) in [5, 5.41) is 0. The van der Waals surface area contributed by atoms with Gasteiger partial charge in [0.1, 0.15) is 0 Å². The van der Waals surface area contributed by atoms with Crippen LogP contribution in [-0.2, 0) is 9.05 Å². The molecule has 0 radical (unpaired) electrons. The predicted molar refractivity (Wildman–Crippen MR) is 66.3 cm³/mol. The Labute approximate surface area is 100 Å². The molecule has 3 aliphatic carbocycles. The summed E-state index contributed by atoms with van der Waals surface area (Å²) in [6.45, 7) is 4.90. The Balaban J connectivity index is 1.70. The third kappa shape index (κ3) is 1.57. The predicted octanol–water partition coefficient (Wildman–Crippen LogP) is 3.47. The van der Waals surface area contributed by atoms with Gasteiger partial charge < -0.3 is 9.05 Å². The van der Waals surface area contributed by atoms with Crippen molar-refractivity contribution in [2.75, 3.05) is 7.11 Å². The topological polar surface area (TPSA) is 18.5 Å². The van der Waals surface area contributed by atoms with Crippen LogP contribution in [0.4, 0.5) is 0 Å². The van der Waals surface area contributed by atoms with Crippen LogP contribution in [0.1, 0.15) is 33.1 Å². The fraction of sp³-hybridized carbons (Fsp3) is 1.00. The van der Waals surface area contributed by atoms with Gasteiger partial charge in [0, 0.05) is 7.11 Å². The molecule has 2 bridgehead atoms. The van der Waals surface area contributed by atoms with Crippen molar-refractivity contribution >= 4 is 9.03 Å². The summed E-state index contributed by atoms with van der Waals surface area (Å²) in [7, 11) is 1.98. The lowest BCUT2D eigenvalue weighted by Gasteiger charge is -2.33. The molecule has 0 aromatic rings. The highest BCUT2D eigenvalue weighted by Gasteiger charge is 2.58. The zero-order valence-corrected chi connectivity index (χ0v) is 11.5. The molecule has 3 rings (SSSR count). The van der Waals surface area contributed by atoms with E-state index in [2.05, 4.69) is 13.8 Å². The van der Waals surface area contributed by atoms with Crippen LogP contribution < -0.4 is 0 Å². The lowest BCUT2D eigenvalue weighted by molar-refractivity contribution is 0.0721. The fourth-order valence-electron chi connectivity index (χ4n) is 4.86. The molecule has 0 saturated heterocycles. The van der Waals surface area contributed by atoms with E-state index in [9.17, 15) is 0 Å². The van der Waals surface area contributed by atoms with E-state index >= 15 is 0 Å². The third-order valence-corrected chi connectivity index (χ3v) is 6.18. The van der Waals surface area contributed by atoms with Crippen molar-refractivity contribution in [1.82, 2.24) is 0 Å². The van der Waals surface area contributed by atoms with Crippen LogP contribution in [0.5, 0.6) is 0 Å². The molecule has 92 valence electrons. The zero-order valence-electron chi connectivity index (χ0n) is 10.5. The second kappa shape index (κ2) is 4.23. The Morgan fingerprint density at radius 3 is 2.62 bits per heavy atom. The second-order valence-corrected chi connectivity index (χ2v) is 6.96. The molecule has 3 fully saturated rings. The molecule has 0 spiro atoms. The number of fused-ring (bicyclic) bond motifs is 5. The van der Waals surface area contributed by atoms with Gasteiger partial charge in [-0.3, -0.25) is 0 Å². The van der Waals surface area contributed by atoms with Crippen LogP contribution in [-0.4, -0.2) is 13.2 Å². The fourth-order valence-corrected chi connectivity index (χ4v) is 5.35. The zero-order chi connectivity index (χ0) is 11.3. The van der Waals surface area contributed by atoms with Crippen molar-refractivity contribution < 1.29 is 9.05 Å². The maximum Gasteiger partial charge on any atom is 0.155 e. The van der Waals surface area contributed by atoms with Crippen LogP contribution in [0.2, 0.25) is 0 Å². The summed E-state index contributed by atoms with van der Waals surface area (Å²) in [4.78, 5) is 0. The van der Waals surface area contributed by atoms with Crippen molar-refractivity contribution in [3.05, 3.63) is 0 Å². The highest BCUT2D eigenvalue weighted by molar-refractivity contribution is 7.26. The van der Waals surface area contributed by atoms with E-state index in [0.29, 0.717) is 6.10 Å². The van der Waals surface area contributed by atoms with Crippen LogP contribution in [0, 0.1) is 35.5 Å². The standard InChI is InChI=1S/C13H23O2P/c1-7-4-10-9-5-11(13(10)8(7)2)12(6-9)15-16-14-3/h7-13,16H,4-6H2,1-3H3. The van der Waals surface area contributed by atoms with Crippen molar-refractivity contribution in [1.29, 1.82) is 0 Å². The Bertz CT molecular complexity index is 271. The molecule has 3 saturated carbocycles. The van der Waals surface area contributed by atoms with Crippen LogP contribution in [0.3, 0.4) is 0 Å². The molecule has 8 atom stereocenters. The summed E-state index contributed by atoms with van der Waals surface area (Å²) >= 11 is 0. The molecule has 0 N–H and O–H groups in total. The molecule has 3 heteroatoms. The summed E-state index contributed by atoms with van der Waals surface area (Å²) in [6, 6.07) is 0. The highest BCUT2D eigenvalue weighted by Crippen LogP contribution is 2.63. The van der Waals surface area contributed by atoms with Gasteiger partial charge in [-0.15, -0.1) is 0 Å². The van der Waals surface area contributed by atoms with Gasteiger partial charge in [-0.2, -0.15) is 0 Å². The summed E-state index contributed by atoms with van der Waals surface area (Å²) in [5.74, 6) is 5.65. The first-order valence-corrected chi connectivity index (χ1v) is 7.47. The van der Waals surface area contributed by atoms with E-state index in [4.69, 9.17) is 9.05 Å². The smallest absolute Gasteiger partial charge is 0.155 e. The van der Waals surface area contributed by atoms with Gasteiger partial charge in [0.2, 0.25) is 0 Å². The first kappa shape index (κ1) is 11.4. The number of rotatable bonds is 3. The van der Waals surface area contributed by atoms with Gasteiger partial charge in [-0.05, 0) is 54.8 Å². The Hall–Kier alpha value is 0.350. The lowest BCUT2D eigenvalue weighted by Crippen LogP contribution is -2.31. The maximum absolute atomic E-state index is 5.88. The van der Waals surface area contributed by atoms with Gasteiger partial charge >= 0.3 is 0 Å². The average molecular weight is 242 g/mol. The molecule has 16 heavy (non-hydrogen) atoms. The SMILES string of the molecule is COPOC1CC2CC1C1C(C)C(C)CC21. The van der Waals surface area contributed by atoms with Crippen LogP contribution in [0.15, 0.2) is 0 Å². The minimum atomic E-state index is 0.248. The first-order chi connectivity index (χ1) is 7.72.